The Balaban J connectivity index is 2.29. The van der Waals surface area contributed by atoms with Crippen molar-refractivity contribution in [2.45, 2.75) is 25.8 Å². The SMILES string of the molecule is CCOC(=O)C1CCCN1c1n[nH]c(=O)[nH]c1=O. The van der Waals surface area contributed by atoms with Gasteiger partial charge >= 0.3 is 11.7 Å². The Morgan fingerprint density at radius 2 is 2.33 bits per heavy atom. The Labute approximate surface area is 102 Å². The number of rotatable bonds is 3. The van der Waals surface area contributed by atoms with E-state index in [1.807, 2.05) is 0 Å². The van der Waals surface area contributed by atoms with Gasteiger partial charge in [-0.15, -0.1) is 5.10 Å². The predicted octanol–water partition coefficient (Wildman–Crippen LogP) is -1.01. The zero-order valence-corrected chi connectivity index (χ0v) is 9.93. The smallest absolute Gasteiger partial charge is 0.342 e. The van der Waals surface area contributed by atoms with Crippen molar-refractivity contribution in [3.63, 3.8) is 0 Å². The van der Waals surface area contributed by atoms with Crippen LogP contribution in [0.4, 0.5) is 5.82 Å². The van der Waals surface area contributed by atoms with Gasteiger partial charge in [0.25, 0.3) is 5.56 Å². The summed E-state index contributed by atoms with van der Waals surface area (Å²) in [5, 5.41) is 5.84. The van der Waals surface area contributed by atoms with E-state index in [2.05, 4.69) is 15.2 Å². The van der Waals surface area contributed by atoms with Crippen LogP contribution in [0.2, 0.25) is 0 Å². The van der Waals surface area contributed by atoms with E-state index in [4.69, 9.17) is 4.74 Å². The molecule has 1 aromatic rings. The van der Waals surface area contributed by atoms with Crippen LogP contribution in [0.1, 0.15) is 19.8 Å². The molecule has 0 radical (unpaired) electrons. The van der Waals surface area contributed by atoms with E-state index < -0.39 is 17.3 Å². The molecule has 1 unspecified atom stereocenters. The van der Waals surface area contributed by atoms with Crippen molar-refractivity contribution in [1.29, 1.82) is 0 Å². The summed E-state index contributed by atoms with van der Waals surface area (Å²) >= 11 is 0. The van der Waals surface area contributed by atoms with Crippen LogP contribution in [-0.2, 0) is 9.53 Å². The highest BCUT2D eigenvalue weighted by molar-refractivity contribution is 5.80. The first-order valence-electron chi connectivity index (χ1n) is 5.75. The van der Waals surface area contributed by atoms with Gasteiger partial charge in [-0.05, 0) is 19.8 Å². The van der Waals surface area contributed by atoms with Crippen molar-refractivity contribution in [2.24, 2.45) is 0 Å². The number of nitrogens with one attached hydrogen (secondary N) is 2. The molecule has 2 N–H and O–H groups in total. The van der Waals surface area contributed by atoms with Gasteiger partial charge in [-0.25, -0.2) is 14.7 Å². The van der Waals surface area contributed by atoms with Gasteiger partial charge < -0.3 is 9.64 Å². The largest absolute Gasteiger partial charge is 0.464 e. The van der Waals surface area contributed by atoms with Crippen molar-refractivity contribution >= 4 is 11.8 Å². The number of aromatic amines is 2. The number of hydrogen-bond acceptors (Lipinski definition) is 6. The summed E-state index contributed by atoms with van der Waals surface area (Å²) in [6, 6.07) is -0.510. The van der Waals surface area contributed by atoms with Crippen molar-refractivity contribution in [3.05, 3.63) is 20.8 Å². The molecule has 0 amide bonds. The van der Waals surface area contributed by atoms with E-state index in [1.165, 1.54) is 0 Å². The fourth-order valence-electron chi connectivity index (χ4n) is 2.04. The highest BCUT2D eigenvalue weighted by Crippen LogP contribution is 2.21. The first kappa shape index (κ1) is 12.3. The lowest BCUT2D eigenvalue weighted by atomic mass is 10.2. The van der Waals surface area contributed by atoms with E-state index in [9.17, 15) is 14.4 Å². The molecule has 0 saturated carbocycles. The maximum Gasteiger partial charge on any atom is 0.342 e. The Bertz CT molecular complexity index is 549. The van der Waals surface area contributed by atoms with E-state index in [-0.39, 0.29) is 11.8 Å². The van der Waals surface area contributed by atoms with Crippen molar-refractivity contribution in [3.8, 4) is 0 Å². The zero-order chi connectivity index (χ0) is 13.1. The fraction of sp³-hybridized carbons (Fsp3) is 0.600. The summed E-state index contributed by atoms with van der Waals surface area (Å²) < 4.78 is 4.95. The van der Waals surface area contributed by atoms with Gasteiger partial charge in [-0.2, -0.15) is 0 Å². The number of H-pyrrole nitrogens is 2. The maximum absolute atomic E-state index is 11.7. The first-order valence-corrected chi connectivity index (χ1v) is 5.75. The third kappa shape index (κ3) is 2.27. The van der Waals surface area contributed by atoms with E-state index >= 15 is 0 Å². The molecule has 0 spiro atoms. The molecule has 8 nitrogen and oxygen atoms in total. The second-order valence-electron chi connectivity index (χ2n) is 3.93. The first-order chi connectivity index (χ1) is 8.63. The van der Waals surface area contributed by atoms with E-state index in [0.29, 0.717) is 19.6 Å². The standard InChI is InChI=1S/C10H14N4O4/c1-2-18-9(16)6-4-3-5-14(6)7-8(15)11-10(17)13-12-7/h6H,2-5H2,1H3,(H2,11,13,15,17). The number of carbonyl (C=O) groups is 1. The van der Waals surface area contributed by atoms with Crippen molar-refractivity contribution < 1.29 is 9.53 Å². The molecule has 8 heteroatoms. The van der Waals surface area contributed by atoms with Gasteiger partial charge in [0.05, 0.1) is 6.61 Å². The number of anilines is 1. The summed E-state index contributed by atoms with van der Waals surface area (Å²) in [4.78, 5) is 37.9. The molecule has 0 bridgehead atoms. The Hall–Kier alpha value is -2.12. The molecule has 2 heterocycles. The van der Waals surface area contributed by atoms with Crippen LogP contribution < -0.4 is 16.1 Å². The monoisotopic (exact) mass is 254 g/mol. The molecular weight excluding hydrogens is 240 g/mol. The molecule has 2 rings (SSSR count). The zero-order valence-electron chi connectivity index (χ0n) is 9.93. The van der Waals surface area contributed by atoms with Crippen LogP contribution in [0.25, 0.3) is 0 Å². The van der Waals surface area contributed by atoms with Crippen LogP contribution in [0.5, 0.6) is 0 Å². The van der Waals surface area contributed by atoms with E-state index in [1.54, 1.807) is 11.8 Å². The van der Waals surface area contributed by atoms with Crippen LogP contribution in [0, 0.1) is 0 Å². The van der Waals surface area contributed by atoms with E-state index in [0.717, 1.165) is 6.42 Å². The minimum absolute atomic E-state index is 0.0464. The molecule has 0 aromatic carbocycles. The minimum Gasteiger partial charge on any atom is -0.464 e. The minimum atomic E-state index is -0.671. The average Bonchev–Trinajstić information content (AvgIpc) is 2.78. The molecule has 0 aliphatic carbocycles. The summed E-state index contributed by atoms with van der Waals surface area (Å²) in [5.74, 6) is -0.326. The lowest BCUT2D eigenvalue weighted by molar-refractivity contribution is -0.144. The molecule has 18 heavy (non-hydrogen) atoms. The molecule has 1 fully saturated rings. The highest BCUT2D eigenvalue weighted by atomic mass is 16.5. The number of ether oxygens (including phenoxy) is 1. The third-order valence-electron chi connectivity index (χ3n) is 2.78. The van der Waals surface area contributed by atoms with Crippen molar-refractivity contribution in [2.75, 3.05) is 18.1 Å². The van der Waals surface area contributed by atoms with Gasteiger partial charge in [0.1, 0.15) is 6.04 Å². The van der Waals surface area contributed by atoms with Gasteiger partial charge in [-0.1, -0.05) is 0 Å². The van der Waals surface area contributed by atoms with Gasteiger partial charge in [-0.3, -0.25) is 9.78 Å². The number of esters is 1. The second-order valence-corrected chi connectivity index (χ2v) is 3.93. The van der Waals surface area contributed by atoms with Crippen molar-refractivity contribution in [1.82, 2.24) is 15.2 Å². The fourth-order valence-corrected chi connectivity index (χ4v) is 2.04. The number of hydrogen-bond donors (Lipinski definition) is 2. The van der Waals surface area contributed by atoms with Crippen LogP contribution in [-0.4, -0.2) is 40.3 Å². The Morgan fingerprint density at radius 1 is 1.56 bits per heavy atom. The summed E-state index contributed by atoms with van der Waals surface area (Å²) in [7, 11) is 0. The van der Waals surface area contributed by atoms with Gasteiger partial charge in [0, 0.05) is 6.54 Å². The number of aromatic nitrogens is 3. The highest BCUT2D eigenvalue weighted by Gasteiger charge is 2.34. The molecule has 1 aliphatic rings. The predicted molar refractivity (Wildman–Crippen MR) is 62.5 cm³/mol. The lowest BCUT2D eigenvalue weighted by Crippen LogP contribution is -2.42. The topological polar surface area (TPSA) is 108 Å². The Kier molecular flexibility index (Phi) is 3.45. The molecule has 98 valence electrons. The molecule has 1 aromatic heterocycles. The number of carbonyl (C=O) groups excluding carboxylic acids is 1. The normalized spacial score (nSPS) is 18.9. The van der Waals surface area contributed by atoms with Gasteiger partial charge in [0.2, 0.25) is 5.82 Å². The van der Waals surface area contributed by atoms with Gasteiger partial charge in [0.15, 0.2) is 0 Å². The molecule has 1 atom stereocenters. The number of nitrogens with zero attached hydrogens (tertiary/aromatic N) is 2. The summed E-state index contributed by atoms with van der Waals surface area (Å²) in [6.07, 6.45) is 1.38. The second kappa shape index (κ2) is 5.03. The summed E-state index contributed by atoms with van der Waals surface area (Å²) in [6.45, 7) is 2.55. The third-order valence-corrected chi connectivity index (χ3v) is 2.78. The molecular formula is C10H14N4O4. The van der Waals surface area contributed by atoms with Crippen LogP contribution in [0.3, 0.4) is 0 Å². The Morgan fingerprint density at radius 3 is 3.00 bits per heavy atom. The quantitative estimate of drug-likeness (QED) is 0.669. The average molecular weight is 254 g/mol. The lowest BCUT2D eigenvalue weighted by Gasteiger charge is -2.22. The summed E-state index contributed by atoms with van der Waals surface area (Å²) in [5.41, 5.74) is -1.27. The molecule has 1 saturated heterocycles. The van der Waals surface area contributed by atoms with Crippen LogP contribution >= 0.6 is 0 Å². The maximum atomic E-state index is 11.7. The molecule has 1 aliphatic heterocycles. The van der Waals surface area contributed by atoms with Crippen LogP contribution in [0.15, 0.2) is 9.59 Å².